The maximum Gasteiger partial charge on any atom is 0.286 e. The predicted octanol–water partition coefficient (Wildman–Crippen LogP) is 1.51. The second kappa shape index (κ2) is 7.70. The van der Waals surface area contributed by atoms with E-state index in [4.69, 9.17) is 0 Å². The number of piperidine rings is 1. The fourth-order valence-electron chi connectivity index (χ4n) is 3.64. The van der Waals surface area contributed by atoms with E-state index in [9.17, 15) is 13.2 Å². The average Bonchev–Trinajstić information content (AvgIpc) is 3.21. The zero-order chi connectivity index (χ0) is 19.6. The smallest absolute Gasteiger partial charge is 0.286 e. The zero-order valence-corrected chi connectivity index (χ0v) is 16.2. The highest BCUT2D eigenvalue weighted by Gasteiger charge is 2.32. The number of sulfonamides is 1. The number of rotatable bonds is 5. The minimum atomic E-state index is -3.71. The lowest BCUT2D eigenvalue weighted by atomic mass is 9.96. The molecule has 1 amide bonds. The number of amidine groups is 1. The summed E-state index contributed by atoms with van der Waals surface area (Å²) < 4.78 is 30.6. The van der Waals surface area contributed by atoms with Crippen LogP contribution < -0.4 is 5.32 Å². The zero-order valence-electron chi connectivity index (χ0n) is 15.4. The van der Waals surface area contributed by atoms with Gasteiger partial charge in [0.1, 0.15) is 23.4 Å². The van der Waals surface area contributed by atoms with E-state index >= 15 is 0 Å². The Labute approximate surface area is 163 Å². The van der Waals surface area contributed by atoms with Crippen LogP contribution in [0.3, 0.4) is 0 Å². The number of benzene rings is 1. The highest BCUT2D eigenvalue weighted by Crippen LogP contribution is 2.30. The number of nitrogens with zero attached hydrogens (tertiary/aromatic N) is 5. The number of aromatic nitrogens is 3. The van der Waals surface area contributed by atoms with Crippen molar-refractivity contribution in [1.82, 2.24) is 19.7 Å². The van der Waals surface area contributed by atoms with Gasteiger partial charge in [0.15, 0.2) is 0 Å². The molecule has 0 unspecified atom stereocenters. The summed E-state index contributed by atoms with van der Waals surface area (Å²) in [7, 11) is -3.71. The number of carbonyl (C=O) groups excluding carboxylic acids is 1. The molecule has 4 rings (SSSR count). The molecule has 1 aromatic heterocycles. The Balaban J connectivity index is 1.40. The number of hydrogen-bond donors (Lipinski definition) is 1. The van der Waals surface area contributed by atoms with Crippen molar-refractivity contribution in [3.63, 3.8) is 0 Å². The second-order valence-corrected chi connectivity index (χ2v) is 8.59. The first kappa shape index (κ1) is 18.6. The number of anilines is 1. The molecular weight excluding hydrogens is 380 g/mol. The molecular formula is C18H22N6O3S. The standard InChI is InChI=1S/C18H22N6O3S/c25-17(8-4-10-24-13-19-12-20-24)23-9-3-5-14(11-23)18-21-15-6-1-2-7-16(15)28(26,27)22-18/h1-2,6-7,12-14H,3-5,8-11H2,(H,21,22)/t14-/m1/s1. The molecule has 1 atom stereocenters. The molecule has 10 heteroatoms. The highest BCUT2D eigenvalue weighted by molar-refractivity contribution is 7.90. The Hall–Kier alpha value is -2.75. The van der Waals surface area contributed by atoms with Crippen LogP contribution in [0.15, 0.2) is 46.2 Å². The van der Waals surface area contributed by atoms with Crippen molar-refractivity contribution in [3.05, 3.63) is 36.9 Å². The Kier molecular flexibility index (Phi) is 5.12. The first-order valence-electron chi connectivity index (χ1n) is 9.34. The van der Waals surface area contributed by atoms with Crippen LogP contribution >= 0.6 is 0 Å². The van der Waals surface area contributed by atoms with Crippen molar-refractivity contribution >= 4 is 27.5 Å². The van der Waals surface area contributed by atoms with Crippen molar-refractivity contribution < 1.29 is 13.2 Å². The Morgan fingerprint density at radius 2 is 2.14 bits per heavy atom. The minimum Gasteiger partial charge on any atom is -0.342 e. The van der Waals surface area contributed by atoms with Gasteiger partial charge >= 0.3 is 0 Å². The number of carbonyl (C=O) groups is 1. The number of likely N-dealkylation sites (tertiary alicyclic amines) is 1. The van der Waals surface area contributed by atoms with Gasteiger partial charge in [-0.05, 0) is 31.4 Å². The van der Waals surface area contributed by atoms with Gasteiger partial charge in [0.2, 0.25) is 5.91 Å². The van der Waals surface area contributed by atoms with E-state index in [0.717, 1.165) is 12.8 Å². The monoisotopic (exact) mass is 402 g/mol. The summed E-state index contributed by atoms with van der Waals surface area (Å²) in [4.78, 5) is 18.5. The molecule has 9 nitrogen and oxygen atoms in total. The molecule has 2 aliphatic rings. The number of hydrogen-bond acceptors (Lipinski definition) is 6. The van der Waals surface area contributed by atoms with E-state index in [-0.39, 0.29) is 16.7 Å². The lowest BCUT2D eigenvalue weighted by molar-refractivity contribution is -0.132. The van der Waals surface area contributed by atoms with Crippen molar-refractivity contribution in [3.8, 4) is 0 Å². The third-order valence-electron chi connectivity index (χ3n) is 5.05. The SMILES string of the molecule is O=C(CCCn1cncn1)N1CCC[C@@H](C2=NS(=O)(=O)c3ccccc3N2)C1. The van der Waals surface area contributed by atoms with Gasteiger partial charge in [-0.25, -0.2) is 4.98 Å². The maximum atomic E-state index is 12.6. The van der Waals surface area contributed by atoms with Gasteiger partial charge in [-0.2, -0.15) is 13.5 Å². The molecule has 2 aromatic rings. The molecule has 2 aliphatic heterocycles. The first-order valence-corrected chi connectivity index (χ1v) is 10.8. The van der Waals surface area contributed by atoms with Crippen LogP contribution in [0.2, 0.25) is 0 Å². The van der Waals surface area contributed by atoms with E-state index in [2.05, 4.69) is 19.8 Å². The van der Waals surface area contributed by atoms with Crippen molar-refractivity contribution in [2.75, 3.05) is 18.4 Å². The number of para-hydroxylation sites is 1. The van der Waals surface area contributed by atoms with E-state index in [1.54, 1.807) is 35.3 Å². The number of fused-ring (bicyclic) bond motifs is 1. The summed E-state index contributed by atoms with van der Waals surface area (Å²) in [6.07, 6.45) is 5.83. The normalized spacial score (nSPS) is 20.8. The van der Waals surface area contributed by atoms with Gasteiger partial charge < -0.3 is 10.2 Å². The fraction of sp³-hybridized carbons (Fsp3) is 0.444. The third kappa shape index (κ3) is 3.91. The maximum absolute atomic E-state index is 12.6. The van der Waals surface area contributed by atoms with Gasteiger partial charge in [-0.3, -0.25) is 9.48 Å². The van der Waals surface area contributed by atoms with Crippen LogP contribution in [0, 0.1) is 5.92 Å². The molecule has 1 N–H and O–H groups in total. The summed E-state index contributed by atoms with van der Waals surface area (Å²) in [6, 6.07) is 6.75. The molecule has 0 spiro atoms. The summed E-state index contributed by atoms with van der Waals surface area (Å²) in [5.41, 5.74) is 0.545. The molecule has 1 aromatic carbocycles. The number of amides is 1. The molecule has 148 valence electrons. The molecule has 0 radical (unpaired) electrons. The highest BCUT2D eigenvalue weighted by atomic mass is 32.2. The average molecular weight is 402 g/mol. The Morgan fingerprint density at radius 1 is 1.29 bits per heavy atom. The molecule has 0 bridgehead atoms. The lowest BCUT2D eigenvalue weighted by Crippen LogP contribution is -2.44. The van der Waals surface area contributed by atoms with Crippen LogP contribution in [0.4, 0.5) is 5.69 Å². The summed E-state index contributed by atoms with van der Waals surface area (Å²) in [5, 5.41) is 7.19. The Bertz CT molecular complexity index is 987. The molecule has 1 fully saturated rings. The van der Waals surface area contributed by atoms with Crippen molar-refractivity contribution in [2.24, 2.45) is 10.3 Å². The van der Waals surface area contributed by atoms with Crippen LogP contribution in [0.25, 0.3) is 0 Å². The number of nitrogens with one attached hydrogen (secondary N) is 1. The summed E-state index contributed by atoms with van der Waals surface area (Å²) in [5.74, 6) is 0.388. The van der Waals surface area contributed by atoms with Gasteiger partial charge in [0, 0.05) is 32.0 Å². The van der Waals surface area contributed by atoms with Gasteiger partial charge in [0.25, 0.3) is 10.0 Å². The first-order chi connectivity index (χ1) is 13.5. The van der Waals surface area contributed by atoms with Crippen LogP contribution in [-0.2, 0) is 21.4 Å². The van der Waals surface area contributed by atoms with Gasteiger partial charge in [0.05, 0.1) is 5.69 Å². The topological polar surface area (TPSA) is 110 Å². The van der Waals surface area contributed by atoms with Crippen LogP contribution in [-0.4, -0.2) is 52.9 Å². The molecule has 28 heavy (non-hydrogen) atoms. The number of aryl methyl sites for hydroxylation is 1. The Morgan fingerprint density at radius 3 is 2.96 bits per heavy atom. The van der Waals surface area contributed by atoms with Crippen molar-refractivity contribution in [2.45, 2.75) is 37.1 Å². The molecule has 1 saturated heterocycles. The van der Waals surface area contributed by atoms with Crippen LogP contribution in [0.5, 0.6) is 0 Å². The largest absolute Gasteiger partial charge is 0.342 e. The molecule has 0 aliphatic carbocycles. The third-order valence-corrected chi connectivity index (χ3v) is 6.40. The summed E-state index contributed by atoms with van der Waals surface area (Å²) in [6.45, 7) is 1.81. The molecule has 0 saturated carbocycles. The fourth-order valence-corrected chi connectivity index (χ4v) is 4.84. The van der Waals surface area contributed by atoms with Gasteiger partial charge in [-0.15, -0.1) is 4.40 Å². The predicted molar refractivity (Wildman–Crippen MR) is 103 cm³/mol. The van der Waals surface area contributed by atoms with E-state index in [0.29, 0.717) is 44.0 Å². The lowest BCUT2D eigenvalue weighted by Gasteiger charge is -2.34. The second-order valence-electron chi connectivity index (χ2n) is 7.01. The van der Waals surface area contributed by atoms with E-state index < -0.39 is 10.0 Å². The van der Waals surface area contributed by atoms with E-state index in [1.807, 2.05) is 4.90 Å². The van der Waals surface area contributed by atoms with E-state index in [1.165, 1.54) is 6.33 Å². The van der Waals surface area contributed by atoms with Crippen molar-refractivity contribution in [1.29, 1.82) is 0 Å². The van der Waals surface area contributed by atoms with Crippen LogP contribution in [0.1, 0.15) is 25.7 Å². The van der Waals surface area contributed by atoms with Gasteiger partial charge in [-0.1, -0.05) is 12.1 Å². The minimum absolute atomic E-state index is 0.0736. The molecule has 3 heterocycles. The summed E-state index contributed by atoms with van der Waals surface area (Å²) >= 11 is 0. The quantitative estimate of drug-likeness (QED) is 0.812.